The Balaban J connectivity index is 2.42. The van der Waals surface area contributed by atoms with Crippen LogP contribution >= 0.6 is 11.3 Å². The van der Waals surface area contributed by atoms with Crippen molar-refractivity contribution in [1.82, 2.24) is 4.98 Å². The fourth-order valence-corrected chi connectivity index (χ4v) is 2.76. The van der Waals surface area contributed by atoms with Gasteiger partial charge in [0.15, 0.2) is 5.13 Å². The molecular weight excluding hydrogens is 267 g/mol. The number of carbonyl (C=O) groups is 1. The van der Waals surface area contributed by atoms with Crippen LogP contribution in [0.4, 0.5) is 15.2 Å². The number of hydrogen-bond donors (Lipinski definition) is 1. The Kier molecular flexibility index (Phi) is 3.80. The van der Waals surface area contributed by atoms with Crippen LogP contribution in [-0.2, 0) is 0 Å². The van der Waals surface area contributed by atoms with Crippen LogP contribution in [0.5, 0.6) is 0 Å². The van der Waals surface area contributed by atoms with E-state index >= 15 is 0 Å². The number of thiazole rings is 1. The second kappa shape index (κ2) is 5.36. The molecule has 0 saturated heterocycles. The topological polar surface area (TPSA) is 53.4 Å². The van der Waals surface area contributed by atoms with Crippen molar-refractivity contribution >= 4 is 28.1 Å². The molecule has 0 radical (unpaired) electrons. The number of halogens is 1. The van der Waals surface area contributed by atoms with Crippen LogP contribution in [-0.4, -0.2) is 22.6 Å². The molecule has 19 heavy (non-hydrogen) atoms. The lowest BCUT2D eigenvalue weighted by Crippen LogP contribution is -2.15. The van der Waals surface area contributed by atoms with Crippen molar-refractivity contribution in [3.8, 4) is 0 Å². The Labute approximate surface area is 114 Å². The van der Waals surface area contributed by atoms with E-state index in [-0.39, 0.29) is 10.7 Å². The van der Waals surface area contributed by atoms with Gasteiger partial charge in [0.25, 0.3) is 0 Å². The van der Waals surface area contributed by atoms with Gasteiger partial charge >= 0.3 is 5.97 Å². The SMILES string of the molecule is CCN(c1cccc(F)c1)c1nc(C)c(C(=O)O)s1. The molecule has 0 bridgehead atoms. The summed E-state index contributed by atoms with van der Waals surface area (Å²) in [7, 11) is 0. The lowest BCUT2D eigenvalue weighted by Gasteiger charge is -2.19. The summed E-state index contributed by atoms with van der Waals surface area (Å²) in [5, 5.41) is 9.60. The molecule has 4 nitrogen and oxygen atoms in total. The summed E-state index contributed by atoms with van der Waals surface area (Å²) in [6, 6.07) is 6.16. The molecule has 0 aliphatic carbocycles. The molecule has 1 aromatic heterocycles. The van der Waals surface area contributed by atoms with Gasteiger partial charge in [-0.25, -0.2) is 14.2 Å². The number of benzene rings is 1. The Morgan fingerprint density at radius 2 is 2.26 bits per heavy atom. The third kappa shape index (κ3) is 2.73. The van der Waals surface area contributed by atoms with Crippen molar-refractivity contribution in [2.24, 2.45) is 0 Å². The highest BCUT2D eigenvalue weighted by molar-refractivity contribution is 7.17. The minimum Gasteiger partial charge on any atom is -0.477 e. The number of anilines is 2. The highest BCUT2D eigenvalue weighted by Gasteiger charge is 2.18. The zero-order valence-corrected chi connectivity index (χ0v) is 11.4. The summed E-state index contributed by atoms with van der Waals surface area (Å²) in [4.78, 5) is 17.3. The van der Waals surface area contributed by atoms with E-state index in [0.29, 0.717) is 23.1 Å². The van der Waals surface area contributed by atoms with E-state index < -0.39 is 5.97 Å². The van der Waals surface area contributed by atoms with Gasteiger partial charge in [-0.1, -0.05) is 17.4 Å². The van der Waals surface area contributed by atoms with E-state index in [2.05, 4.69) is 4.98 Å². The number of hydrogen-bond acceptors (Lipinski definition) is 4. The first-order chi connectivity index (χ1) is 9.02. The molecule has 100 valence electrons. The minimum atomic E-state index is -0.989. The second-order valence-corrected chi connectivity index (χ2v) is 4.92. The molecule has 2 rings (SSSR count). The fourth-order valence-electron chi connectivity index (χ4n) is 1.77. The first-order valence-corrected chi connectivity index (χ1v) is 6.58. The molecule has 0 atom stereocenters. The van der Waals surface area contributed by atoms with E-state index in [1.165, 1.54) is 12.1 Å². The van der Waals surface area contributed by atoms with Gasteiger partial charge < -0.3 is 10.0 Å². The second-order valence-electron chi connectivity index (χ2n) is 3.94. The van der Waals surface area contributed by atoms with Crippen LogP contribution in [0, 0.1) is 12.7 Å². The predicted molar refractivity (Wildman–Crippen MR) is 72.9 cm³/mol. The summed E-state index contributed by atoms with van der Waals surface area (Å²) in [6.07, 6.45) is 0. The maximum atomic E-state index is 13.3. The van der Waals surface area contributed by atoms with Crippen LogP contribution in [0.25, 0.3) is 0 Å². The normalized spacial score (nSPS) is 10.5. The molecule has 2 aromatic rings. The van der Waals surface area contributed by atoms with E-state index in [4.69, 9.17) is 5.11 Å². The molecule has 1 heterocycles. The van der Waals surface area contributed by atoms with Crippen molar-refractivity contribution < 1.29 is 14.3 Å². The van der Waals surface area contributed by atoms with Crippen molar-refractivity contribution in [3.63, 3.8) is 0 Å². The van der Waals surface area contributed by atoms with E-state index in [0.717, 1.165) is 11.3 Å². The number of rotatable bonds is 4. The molecule has 0 aliphatic rings. The minimum absolute atomic E-state index is 0.213. The average Bonchev–Trinajstić information content (AvgIpc) is 2.72. The molecule has 0 spiro atoms. The standard InChI is InChI=1S/C13H13FN2O2S/c1-3-16(10-6-4-5-9(14)7-10)13-15-8(2)11(19-13)12(17)18/h4-7H,3H2,1-2H3,(H,17,18). The van der Waals surface area contributed by atoms with Crippen LogP contribution < -0.4 is 4.90 Å². The van der Waals surface area contributed by atoms with Gasteiger partial charge in [0.2, 0.25) is 0 Å². The highest BCUT2D eigenvalue weighted by atomic mass is 32.1. The summed E-state index contributed by atoms with van der Waals surface area (Å²) >= 11 is 1.09. The van der Waals surface area contributed by atoms with Gasteiger partial charge in [0, 0.05) is 12.2 Å². The maximum absolute atomic E-state index is 13.3. The van der Waals surface area contributed by atoms with Gasteiger partial charge in [-0.15, -0.1) is 0 Å². The highest BCUT2D eigenvalue weighted by Crippen LogP contribution is 2.31. The first-order valence-electron chi connectivity index (χ1n) is 5.76. The Morgan fingerprint density at radius 1 is 1.53 bits per heavy atom. The molecule has 0 amide bonds. The number of carboxylic acid groups (broad SMARTS) is 1. The number of carboxylic acids is 1. The smallest absolute Gasteiger partial charge is 0.347 e. The summed E-state index contributed by atoms with van der Waals surface area (Å²) < 4.78 is 13.3. The third-order valence-corrected chi connectivity index (χ3v) is 3.81. The molecule has 0 unspecified atom stereocenters. The Morgan fingerprint density at radius 3 is 2.79 bits per heavy atom. The van der Waals surface area contributed by atoms with Crippen LogP contribution in [0.1, 0.15) is 22.3 Å². The summed E-state index contributed by atoms with van der Waals surface area (Å²) in [6.45, 7) is 4.14. The summed E-state index contributed by atoms with van der Waals surface area (Å²) in [5.74, 6) is -1.32. The number of aryl methyl sites for hydroxylation is 1. The first kappa shape index (κ1) is 13.5. The number of nitrogens with zero attached hydrogens (tertiary/aromatic N) is 2. The molecule has 6 heteroatoms. The monoisotopic (exact) mass is 280 g/mol. The van der Waals surface area contributed by atoms with Gasteiger partial charge in [0.05, 0.1) is 5.69 Å². The molecule has 1 aromatic carbocycles. The van der Waals surface area contributed by atoms with Crippen molar-refractivity contribution in [1.29, 1.82) is 0 Å². The number of aromatic carboxylic acids is 1. The van der Waals surface area contributed by atoms with Crippen LogP contribution in [0.2, 0.25) is 0 Å². The largest absolute Gasteiger partial charge is 0.477 e. The molecule has 0 aliphatic heterocycles. The molecule has 1 N–H and O–H groups in total. The number of aromatic nitrogens is 1. The quantitative estimate of drug-likeness (QED) is 0.932. The molecule has 0 fully saturated rings. The molecular formula is C13H13FN2O2S. The van der Waals surface area contributed by atoms with E-state index in [1.54, 1.807) is 24.0 Å². The van der Waals surface area contributed by atoms with Gasteiger partial charge in [0.1, 0.15) is 10.7 Å². The predicted octanol–water partition coefficient (Wildman–Crippen LogP) is 3.45. The average molecular weight is 280 g/mol. The van der Waals surface area contributed by atoms with E-state index in [9.17, 15) is 9.18 Å². The summed E-state index contributed by atoms with van der Waals surface area (Å²) in [5.41, 5.74) is 1.13. The Hall–Kier alpha value is -1.95. The fraction of sp³-hybridized carbons (Fsp3) is 0.231. The van der Waals surface area contributed by atoms with Crippen LogP contribution in [0.3, 0.4) is 0 Å². The van der Waals surface area contributed by atoms with Gasteiger partial charge in [-0.05, 0) is 32.0 Å². The maximum Gasteiger partial charge on any atom is 0.347 e. The van der Waals surface area contributed by atoms with Gasteiger partial charge in [-0.3, -0.25) is 0 Å². The van der Waals surface area contributed by atoms with Crippen molar-refractivity contribution in [3.05, 3.63) is 40.7 Å². The van der Waals surface area contributed by atoms with E-state index in [1.807, 2.05) is 6.92 Å². The molecule has 0 saturated carbocycles. The van der Waals surface area contributed by atoms with Crippen molar-refractivity contribution in [2.75, 3.05) is 11.4 Å². The zero-order chi connectivity index (χ0) is 14.0. The Bertz CT molecular complexity index is 612. The van der Waals surface area contributed by atoms with Crippen molar-refractivity contribution in [2.45, 2.75) is 13.8 Å². The zero-order valence-electron chi connectivity index (χ0n) is 10.6. The lowest BCUT2D eigenvalue weighted by molar-refractivity contribution is 0.0701. The van der Waals surface area contributed by atoms with Gasteiger partial charge in [-0.2, -0.15) is 0 Å². The van der Waals surface area contributed by atoms with Crippen LogP contribution in [0.15, 0.2) is 24.3 Å². The third-order valence-electron chi connectivity index (χ3n) is 2.65. The lowest BCUT2D eigenvalue weighted by atomic mass is 10.3.